The molecule has 2 rings (SSSR count). The van der Waals surface area contributed by atoms with Crippen LogP contribution in [0.3, 0.4) is 0 Å². The Hall–Kier alpha value is -2.82. The molecule has 5 heteroatoms. The third kappa shape index (κ3) is 4.57. The van der Waals surface area contributed by atoms with E-state index < -0.39 is 0 Å². The van der Waals surface area contributed by atoms with Gasteiger partial charge in [-0.3, -0.25) is 9.78 Å². The van der Waals surface area contributed by atoms with Gasteiger partial charge in [-0.25, -0.2) is 0 Å². The molecule has 0 N–H and O–H groups in total. The van der Waals surface area contributed by atoms with Gasteiger partial charge in [0.05, 0.1) is 14.2 Å². The molecule has 0 atom stereocenters. The topological polar surface area (TPSA) is 51.7 Å². The summed E-state index contributed by atoms with van der Waals surface area (Å²) in [5.41, 5.74) is 1.91. The van der Waals surface area contributed by atoms with Gasteiger partial charge >= 0.3 is 0 Å². The number of amides is 1. The largest absolute Gasteiger partial charge is 0.493 e. The van der Waals surface area contributed by atoms with Crippen molar-refractivity contribution in [3.05, 3.63) is 59.9 Å². The summed E-state index contributed by atoms with van der Waals surface area (Å²) in [6.07, 6.45) is 6.73. The lowest BCUT2D eigenvalue weighted by Gasteiger charge is -2.15. The standard InChI is InChI=1S/C18H20N2O3/c1-20(13-15-8-10-19-11-9-15)18(21)7-5-14-4-6-16(22-2)17(12-14)23-3/h4-12H,13H2,1-3H3/b7-5+. The Balaban J connectivity index is 2.03. The summed E-state index contributed by atoms with van der Waals surface area (Å²) in [7, 11) is 4.94. The van der Waals surface area contributed by atoms with Crippen LogP contribution in [0, 0.1) is 0 Å². The van der Waals surface area contributed by atoms with Crippen molar-refractivity contribution in [2.24, 2.45) is 0 Å². The number of carbonyl (C=O) groups excluding carboxylic acids is 1. The van der Waals surface area contributed by atoms with Gasteiger partial charge in [-0.1, -0.05) is 6.07 Å². The lowest BCUT2D eigenvalue weighted by Crippen LogP contribution is -2.24. The zero-order valence-electron chi connectivity index (χ0n) is 13.5. The molecule has 1 aromatic carbocycles. The number of methoxy groups -OCH3 is 2. The van der Waals surface area contributed by atoms with Crippen molar-refractivity contribution in [2.75, 3.05) is 21.3 Å². The summed E-state index contributed by atoms with van der Waals surface area (Å²) in [6, 6.07) is 9.28. The molecule has 0 radical (unpaired) electrons. The maximum absolute atomic E-state index is 12.2. The molecule has 23 heavy (non-hydrogen) atoms. The highest BCUT2D eigenvalue weighted by Gasteiger charge is 2.06. The van der Waals surface area contributed by atoms with Crippen LogP contribution in [0.5, 0.6) is 11.5 Å². The van der Waals surface area contributed by atoms with Gasteiger partial charge in [0.25, 0.3) is 0 Å². The highest BCUT2D eigenvalue weighted by atomic mass is 16.5. The minimum absolute atomic E-state index is 0.0726. The molecule has 5 nitrogen and oxygen atoms in total. The number of hydrogen-bond donors (Lipinski definition) is 0. The highest BCUT2D eigenvalue weighted by molar-refractivity contribution is 5.91. The van der Waals surface area contributed by atoms with E-state index in [2.05, 4.69) is 4.98 Å². The monoisotopic (exact) mass is 312 g/mol. The fraction of sp³-hybridized carbons (Fsp3) is 0.222. The molecule has 0 bridgehead atoms. The maximum atomic E-state index is 12.2. The first-order valence-corrected chi connectivity index (χ1v) is 7.18. The molecule has 0 saturated heterocycles. The van der Waals surface area contributed by atoms with Crippen molar-refractivity contribution >= 4 is 12.0 Å². The smallest absolute Gasteiger partial charge is 0.246 e. The van der Waals surface area contributed by atoms with E-state index in [1.807, 2.05) is 30.3 Å². The van der Waals surface area contributed by atoms with Crippen LogP contribution in [-0.4, -0.2) is 37.1 Å². The number of carbonyl (C=O) groups is 1. The van der Waals surface area contributed by atoms with Gasteiger partial charge in [-0.05, 0) is 41.5 Å². The highest BCUT2D eigenvalue weighted by Crippen LogP contribution is 2.27. The molecule has 0 aliphatic heterocycles. The third-order valence-electron chi connectivity index (χ3n) is 3.37. The first kappa shape index (κ1) is 16.5. The van der Waals surface area contributed by atoms with Crippen LogP contribution in [-0.2, 0) is 11.3 Å². The summed E-state index contributed by atoms with van der Waals surface area (Å²) >= 11 is 0. The average molecular weight is 312 g/mol. The van der Waals surface area contributed by atoms with E-state index in [0.717, 1.165) is 11.1 Å². The van der Waals surface area contributed by atoms with Crippen LogP contribution in [0.1, 0.15) is 11.1 Å². The second-order valence-corrected chi connectivity index (χ2v) is 5.00. The first-order valence-electron chi connectivity index (χ1n) is 7.18. The molecule has 1 aromatic heterocycles. The lowest BCUT2D eigenvalue weighted by molar-refractivity contribution is -0.125. The zero-order valence-corrected chi connectivity index (χ0v) is 13.5. The minimum Gasteiger partial charge on any atom is -0.493 e. The van der Waals surface area contributed by atoms with Crippen LogP contribution in [0.4, 0.5) is 0 Å². The Morgan fingerprint density at radius 1 is 1.13 bits per heavy atom. The molecular weight excluding hydrogens is 292 g/mol. The van der Waals surface area contributed by atoms with Crippen molar-refractivity contribution in [1.29, 1.82) is 0 Å². The second-order valence-electron chi connectivity index (χ2n) is 5.00. The van der Waals surface area contributed by atoms with Crippen LogP contribution >= 0.6 is 0 Å². The van der Waals surface area contributed by atoms with Gasteiger partial charge in [-0.2, -0.15) is 0 Å². The van der Waals surface area contributed by atoms with Crippen molar-refractivity contribution in [3.63, 3.8) is 0 Å². The van der Waals surface area contributed by atoms with Crippen LogP contribution < -0.4 is 9.47 Å². The molecule has 0 saturated carbocycles. The molecule has 1 heterocycles. The van der Waals surface area contributed by atoms with E-state index in [1.165, 1.54) is 0 Å². The Labute approximate surface area is 136 Å². The summed E-state index contributed by atoms with van der Waals surface area (Å²) in [5, 5.41) is 0. The van der Waals surface area contributed by atoms with E-state index in [1.54, 1.807) is 50.7 Å². The van der Waals surface area contributed by atoms with Gasteiger partial charge in [-0.15, -0.1) is 0 Å². The third-order valence-corrected chi connectivity index (χ3v) is 3.37. The van der Waals surface area contributed by atoms with E-state index >= 15 is 0 Å². The van der Waals surface area contributed by atoms with Crippen molar-refractivity contribution in [2.45, 2.75) is 6.54 Å². The predicted octanol–water partition coefficient (Wildman–Crippen LogP) is 2.77. The summed E-state index contributed by atoms with van der Waals surface area (Å²) in [6.45, 7) is 0.539. The van der Waals surface area contributed by atoms with Gasteiger partial charge in [0, 0.05) is 32.1 Å². The van der Waals surface area contributed by atoms with E-state index in [-0.39, 0.29) is 5.91 Å². The average Bonchev–Trinajstić information content (AvgIpc) is 2.60. The first-order chi connectivity index (χ1) is 11.1. The summed E-state index contributed by atoms with van der Waals surface area (Å²) < 4.78 is 10.4. The van der Waals surface area contributed by atoms with Crippen LogP contribution in [0.15, 0.2) is 48.8 Å². The van der Waals surface area contributed by atoms with Gasteiger partial charge in [0.2, 0.25) is 5.91 Å². The predicted molar refractivity (Wildman–Crippen MR) is 89.3 cm³/mol. The number of nitrogens with zero attached hydrogens (tertiary/aromatic N) is 2. The fourth-order valence-corrected chi connectivity index (χ4v) is 2.09. The Kier molecular flexibility index (Phi) is 5.74. The molecule has 0 spiro atoms. The van der Waals surface area contributed by atoms with Crippen molar-refractivity contribution in [1.82, 2.24) is 9.88 Å². The molecule has 0 aliphatic rings. The van der Waals surface area contributed by atoms with E-state index in [9.17, 15) is 4.79 Å². The quantitative estimate of drug-likeness (QED) is 0.770. The second kappa shape index (κ2) is 7.98. The van der Waals surface area contributed by atoms with Crippen molar-refractivity contribution in [3.8, 4) is 11.5 Å². The number of likely N-dealkylation sites (N-methyl/N-ethyl adjacent to an activating group) is 1. The summed E-state index contributed by atoms with van der Waals surface area (Å²) in [5.74, 6) is 1.22. The Morgan fingerprint density at radius 3 is 2.48 bits per heavy atom. The SMILES string of the molecule is COc1ccc(/C=C/C(=O)N(C)Cc2ccncc2)cc1OC. The number of aromatic nitrogens is 1. The summed E-state index contributed by atoms with van der Waals surface area (Å²) in [4.78, 5) is 17.8. The fourth-order valence-electron chi connectivity index (χ4n) is 2.09. The van der Waals surface area contributed by atoms with Gasteiger partial charge < -0.3 is 14.4 Å². The van der Waals surface area contributed by atoms with Crippen molar-refractivity contribution < 1.29 is 14.3 Å². The number of hydrogen-bond acceptors (Lipinski definition) is 4. The zero-order chi connectivity index (χ0) is 16.7. The molecule has 120 valence electrons. The van der Waals surface area contributed by atoms with Crippen LogP contribution in [0.25, 0.3) is 6.08 Å². The lowest BCUT2D eigenvalue weighted by atomic mass is 10.2. The molecule has 0 unspecified atom stereocenters. The maximum Gasteiger partial charge on any atom is 0.246 e. The van der Waals surface area contributed by atoms with Gasteiger partial charge in [0.15, 0.2) is 11.5 Å². The van der Waals surface area contributed by atoms with E-state index in [4.69, 9.17) is 9.47 Å². The minimum atomic E-state index is -0.0726. The number of ether oxygens (including phenoxy) is 2. The molecule has 2 aromatic rings. The Morgan fingerprint density at radius 2 is 1.83 bits per heavy atom. The molecular formula is C18H20N2O3. The molecule has 0 fully saturated rings. The van der Waals surface area contributed by atoms with Crippen LogP contribution in [0.2, 0.25) is 0 Å². The number of benzene rings is 1. The normalized spacial score (nSPS) is 10.6. The number of rotatable bonds is 6. The molecule has 1 amide bonds. The number of pyridine rings is 1. The van der Waals surface area contributed by atoms with E-state index in [0.29, 0.717) is 18.0 Å². The molecule has 0 aliphatic carbocycles. The Bertz CT molecular complexity index is 684. The van der Waals surface area contributed by atoms with Gasteiger partial charge in [0.1, 0.15) is 0 Å².